The van der Waals surface area contributed by atoms with Crippen molar-refractivity contribution in [2.75, 3.05) is 19.7 Å². The predicted molar refractivity (Wildman–Crippen MR) is 112 cm³/mol. The van der Waals surface area contributed by atoms with Crippen molar-refractivity contribution in [2.45, 2.75) is 39.1 Å². The number of carbonyl (C=O) groups excluding carboxylic acids is 1. The fourth-order valence-corrected chi connectivity index (χ4v) is 3.77. The maximum atomic E-state index is 13.1. The molecule has 31 heavy (non-hydrogen) atoms. The molecule has 2 aromatic carbocycles. The van der Waals surface area contributed by atoms with E-state index < -0.39 is 11.5 Å². The molecule has 1 heterocycles. The van der Waals surface area contributed by atoms with E-state index in [4.69, 9.17) is 4.74 Å². The van der Waals surface area contributed by atoms with Crippen molar-refractivity contribution in [3.05, 3.63) is 69.5 Å². The second-order valence-electron chi connectivity index (χ2n) is 7.79. The van der Waals surface area contributed by atoms with E-state index in [0.717, 1.165) is 5.56 Å². The van der Waals surface area contributed by atoms with E-state index in [-0.39, 0.29) is 41.7 Å². The molecule has 8 nitrogen and oxygen atoms in total. The Morgan fingerprint density at radius 2 is 1.90 bits per heavy atom. The molecule has 3 rings (SSSR count). The molecular weight excluding hydrogens is 405 g/mol. The van der Waals surface area contributed by atoms with Gasteiger partial charge in [-0.1, -0.05) is 12.1 Å². The van der Waals surface area contributed by atoms with Crippen molar-refractivity contribution in [3.8, 4) is 5.75 Å². The largest absolute Gasteiger partial charge is 0.484 e. The molecule has 0 radical (unpaired) electrons. The number of rotatable bonds is 7. The van der Waals surface area contributed by atoms with Gasteiger partial charge in [0.05, 0.1) is 17.1 Å². The summed E-state index contributed by atoms with van der Waals surface area (Å²) in [5, 5.41) is 20.3. The van der Waals surface area contributed by atoms with Gasteiger partial charge in [-0.05, 0) is 43.7 Å². The van der Waals surface area contributed by atoms with Crippen LogP contribution in [0.5, 0.6) is 5.75 Å². The van der Waals surface area contributed by atoms with Crippen molar-refractivity contribution >= 4 is 11.6 Å². The lowest BCUT2D eigenvalue weighted by molar-refractivity contribution is -0.385. The fourth-order valence-electron chi connectivity index (χ4n) is 3.77. The van der Waals surface area contributed by atoms with Gasteiger partial charge in [0, 0.05) is 37.8 Å². The molecule has 0 saturated carbocycles. The Labute approximate surface area is 180 Å². The first kappa shape index (κ1) is 22.6. The number of halogens is 1. The number of aliphatic hydroxyl groups is 1. The van der Waals surface area contributed by atoms with Gasteiger partial charge in [-0.2, -0.15) is 0 Å². The van der Waals surface area contributed by atoms with Gasteiger partial charge >= 0.3 is 0 Å². The van der Waals surface area contributed by atoms with Gasteiger partial charge in [0.2, 0.25) is 0 Å². The number of piperazine rings is 1. The fraction of sp³-hybridized carbons (Fsp3) is 0.409. The highest BCUT2D eigenvalue weighted by molar-refractivity contribution is 5.78. The predicted octanol–water partition coefficient (Wildman–Crippen LogP) is 2.73. The zero-order valence-corrected chi connectivity index (χ0v) is 17.5. The van der Waals surface area contributed by atoms with Gasteiger partial charge in [0.25, 0.3) is 11.6 Å². The van der Waals surface area contributed by atoms with Gasteiger partial charge in [-0.15, -0.1) is 0 Å². The smallest absolute Gasteiger partial charge is 0.275 e. The molecule has 0 aliphatic carbocycles. The summed E-state index contributed by atoms with van der Waals surface area (Å²) >= 11 is 0. The molecule has 1 aliphatic rings. The molecule has 0 bridgehead atoms. The molecule has 0 spiro atoms. The van der Waals surface area contributed by atoms with E-state index in [0.29, 0.717) is 25.4 Å². The van der Waals surface area contributed by atoms with Crippen molar-refractivity contribution in [1.29, 1.82) is 0 Å². The van der Waals surface area contributed by atoms with Crippen LogP contribution in [-0.2, 0) is 17.9 Å². The average Bonchev–Trinajstić information content (AvgIpc) is 2.75. The number of nitrogens with zero attached hydrogens (tertiary/aromatic N) is 3. The lowest BCUT2D eigenvalue weighted by atomic mass is 10.1. The number of hydrogen-bond donors (Lipinski definition) is 1. The third kappa shape index (κ3) is 5.56. The highest BCUT2D eigenvalue weighted by Gasteiger charge is 2.32. The number of aliphatic hydroxyl groups excluding tert-OH is 1. The topological polar surface area (TPSA) is 96.2 Å². The summed E-state index contributed by atoms with van der Waals surface area (Å²) in [5.41, 5.74) is 0.952. The van der Waals surface area contributed by atoms with E-state index in [1.165, 1.54) is 30.3 Å². The van der Waals surface area contributed by atoms with Crippen LogP contribution in [-0.4, -0.2) is 57.5 Å². The Hall–Kier alpha value is -3.04. The molecule has 1 fully saturated rings. The molecule has 0 unspecified atom stereocenters. The number of nitro groups is 1. The normalized spacial score (nSPS) is 19.3. The van der Waals surface area contributed by atoms with E-state index >= 15 is 0 Å². The third-order valence-electron chi connectivity index (χ3n) is 5.51. The number of hydrogen-bond acceptors (Lipinski definition) is 6. The number of amides is 1. The van der Waals surface area contributed by atoms with Crippen LogP contribution >= 0.6 is 0 Å². The summed E-state index contributed by atoms with van der Waals surface area (Å²) in [6.07, 6.45) is 0. The van der Waals surface area contributed by atoms with Crippen molar-refractivity contribution in [3.63, 3.8) is 0 Å². The Bertz CT molecular complexity index is 937. The maximum Gasteiger partial charge on any atom is 0.275 e. The Kier molecular flexibility index (Phi) is 7.19. The third-order valence-corrected chi connectivity index (χ3v) is 5.51. The SMILES string of the molecule is C[C@@H]1CN(Cc2ccc(F)cc2)[C@@H](C)CN1C(=O)COc1ccc([N+](=O)[O-])c(CO)c1. The van der Waals surface area contributed by atoms with Gasteiger partial charge in [0.15, 0.2) is 6.61 Å². The molecule has 166 valence electrons. The summed E-state index contributed by atoms with van der Waals surface area (Å²) in [5.74, 6) is -0.150. The van der Waals surface area contributed by atoms with Gasteiger partial charge in [-0.25, -0.2) is 4.39 Å². The highest BCUT2D eigenvalue weighted by atomic mass is 19.1. The second kappa shape index (κ2) is 9.84. The minimum absolute atomic E-state index is 0.0300. The maximum absolute atomic E-state index is 13.1. The zero-order valence-electron chi connectivity index (χ0n) is 17.5. The first-order chi connectivity index (χ1) is 14.8. The summed E-state index contributed by atoms with van der Waals surface area (Å²) < 4.78 is 18.7. The molecule has 9 heteroatoms. The van der Waals surface area contributed by atoms with E-state index in [9.17, 15) is 24.4 Å². The zero-order chi connectivity index (χ0) is 22.5. The Morgan fingerprint density at radius 1 is 1.19 bits per heavy atom. The van der Waals surface area contributed by atoms with Crippen LogP contribution in [0.1, 0.15) is 25.0 Å². The number of nitro benzene ring substituents is 1. The lowest BCUT2D eigenvalue weighted by Crippen LogP contribution is -2.58. The Balaban J connectivity index is 1.57. The van der Waals surface area contributed by atoms with Gasteiger partial charge in [-0.3, -0.25) is 19.8 Å². The van der Waals surface area contributed by atoms with E-state index in [1.54, 1.807) is 17.0 Å². The molecule has 1 amide bonds. The van der Waals surface area contributed by atoms with E-state index in [2.05, 4.69) is 4.90 Å². The van der Waals surface area contributed by atoms with Crippen LogP contribution in [0.2, 0.25) is 0 Å². The molecule has 2 atom stereocenters. The molecule has 0 aromatic heterocycles. The molecule has 1 N–H and O–H groups in total. The first-order valence-electron chi connectivity index (χ1n) is 10.1. The number of ether oxygens (including phenoxy) is 1. The van der Waals surface area contributed by atoms with Gasteiger partial charge < -0.3 is 14.7 Å². The van der Waals surface area contributed by atoms with Crippen LogP contribution in [0.15, 0.2) is 42.5 Å². The average molecular weight is 431 g/mol. The summed E-state index contributed by atoms with van der Waals surface area (Å²) in [7, 11) is 0. The first-order valence-corrected chi connectivity index (χ1v) is 10.1. The highest BCUT2D eigenvalue weighted by Crippen LogP contribution is 2.24. The van der Waals surface area contributed by atoms with Crippen LogP contribution in [0.25, 0.3) is 0 Å². The standard InChI is InChI=1S/C22H26FN3O5/c1-15-11-25(16(2)10-24(15)12-17-3-5-19(23)6-4-17)22(28)14-31-20-7-8-21(26(29)30)18(9-20)13-27/h3-9,15-16,27H,10-14H2,1-2H3/t15-,16+/m0/s1. The Morgan fingerprint density at radius 3 is 2.55 bits per heavy atom. The lowest BCUT2D eigenvalue weighted by Gasteiger charge is -2.44. The molecule has 1 aliphatic heterocycles. The minimum Gasteiger partial charge on any atom is -0.484 e. The quantitative estimate of drug-likeness (QED) is 0.535. The number of carbonyl (C=O) groups is 1. The number of benzene rings is 2. The van der Waals surface area contributed by atoms with Crippen molar-refractivity contribution in [1.82, 2.24) is 9.80 Å². The monoisotopic (exact) mass is 431 g/mol. The van der Waals surface area contributed by atoms with Crippen LogP contribution in [0.4, 0.5) is 10.1 Å². The molecule has 1 saturated heterocycles. The molecule has 2 aromatic rings. The van der Waals surface area contributed by atoms with Crippen molar-refractivity contribution in [2.24, 2.45) is 0 Å². The minimum atomic E-state index is -0.574. The van der Waals surface area contributed by atoms with E-state index in [1.807, 2.05) is 13.8 Å². The summed E-state index contributed by atoms with van der Waals surface area (Å²) in [6.45, 7) is 5.21. The van der Waals surface area contributed by atoms with Crippen LogP contribution in [0.3, 0.4) is 0 Å². The second-order valence-corrected chi connectivity index (χ2v) is 7.79. The van der Waals surface area contributed by atoms with Crippen LogP contribution in [0, 0.1) is 15.9 Å². The molecular formula is C22H26FN3O5. The summed E-state index contributed by atoms with van der Waals surface area (Å²) in [4.78, 5) is 27.2. The summed E-state index contributed by atoms with van der Waals surface area (Å²) in [6, 6.07) is 10.6. The van der Waals surface area contributed by atoms with Crippen molar-refractivity contribution < 1.29 is 24.0 Å². The van der Waals surface area contributed by atoms with Gasteiger partial charge in [0.1, 0.15) is 11.6 Å². The van der Waals surface area contributed by atoms with Crippen LogP contribution < -0.4 is 4.74 Å².